The van der Waals surface area contributed by atoms with Gasteiger partial charge in [-0.05, 0) is 71.2 Å². The zero-order chi connectivity index (χ0) is 25.3. The molecule has 2 aromatic rings. The van der Waals surface area contributed by atoms with E-state index in [1.807, 2.05) is 31.2 Å². The van der Waals surface area contributed by atoms with Gasteiger partial charge in [-0.1, -0.05) is 26.8 Å². The number of ether oxygens (including phenoxy) is 1. The van der Waals surface area contributed by atoms with Crippen molar-refractivity contribution < 1.29 is 23.1 Å². The maximum absolute atomic E-state index is 13.6. The van der Waals surface area contributed by atoms with E-state index in [1.54, 1.807) is 7.11 Å². The standard InChI is InChI=1S/C27H34N2O5S/c1-16-13-17(34-5)7-8-18(16)19-14-22-25-23(24(19)27(2,3)4)20-15-28(26(30)31)11-9-21(20)29(25)10-6-12-35(22,32)33/h7-8,13-14,20-21H,6,9-12,15H2,1-5H3,(H,30,31)/t20-,21+/m1/s1. The first-order valence-corrected chi connectivity index (χ1v) is 13.9. The van der Waals surface area contributed by atoms with Gasteiger partial charge in [0.15, 0.2) is 9.84 Å². The molecule has 1 amide bonds. The molecule has 0 aliphatic carbocycles. The van der Waals surface area contributed by atoms with Crippen LogP contribution in [0.4, 0.5) is 10.5 Å². The molecule has 0 spiro atoms. The number of piperidine rings is 1. The molecule has 0 unspecified atom stereocenters. The second-order valence-electron chi connectivity index (χ2n) is 11.0. The summed E-state index contributed by atoms with van der Waals surface area (Å²) < 4.78 is 32.6. The Hall–Kier alpha value is -2.74. The van der Waals surface area contributed by atoms with E-state index in [4.69, 9.17) is 4.74 Å². The SMILES string of the molecule is COc1ccc(-c2cc3c4c(c2C(C)(C)C)[C@@H]2CN(C(=O)O)CC[C@@H]2N4CCCS3(=O)=O)c(C)c1. The molecule has 3 heterocycles. The molecule has 35 heavy (non-hydrogen) atoms. The average Bonchev–Trinajstić information content (AvgIpc) is 3.02. The van der Waals surface area contributed by atoms with E-state index in [2.05, 4.69) is 25.7 Å². The maximum Gasteiger partial charge on any atom is 0.407 e. The Balaban J connectivity index is 1.87. The molecule has 2 atom stereocenters. The van der Waals surface area contributed by atoms with Gasteiger partial charge < -0.3 is 19.6 Å². The van der Waals surface area contributed by atoms with E-state index in [-0.39, 0.29) is 23.1 Å². The predicted molar refractivity (Wildman–Crippen MR) is 137 cm³/mol. The fourth-order valence-corrected chi connectivity index (χ4v) is 7.94. The molecule has 2 aromatic carbocycles. The molecule has 8 heteroatoms. The lowest BCUT2D eigenvalue weighted by atomic mass is 9.74. The van der Waals surface area contributed by atoms with Crippen LogP contribution in [-0.2, 0) is 15.3 Å². The average molecular weight is 499 g/mol. The van der Waals surface area contributed by atoms with Gasteiger partial charge in [0.25, 0.3) is 0 Å². The van der Waals surface area contributed by atoms with Crippen molar-refractivity contribution in [2.24, 2.45) is 0 Å². The Morgan fingerprint density at radius 3 is 2.51 bits per heavy atom. The summed E-state index contributed by atoms with van der Waals surface area (Å²) in [6.07, 6.45) is 0.359. The van der Waals surface area contributed by atoms with E-state index in [0.717, 1.165) is 39.3 Å². The Bertz CT molecular complexity index is 1310. The monoisotopic (exact) mass is 498 g/mol. The largest absolute Gasteiger partial charge is 0.497 e. The molecule has 0 radical (unpaired) electrons. The van der Waals surface area contributed by atoms with Crippen molar-refractivity contribution in [3.63, 3.8) is 0 Å². The third-order valence-electron chi connectivity index (χ3n) is 7.83. The number of hydrogen-bond acceptors (Lipinski definition) is 5. The molecule has 1 fully saturated rings. The Morgan fingerprint density at radius 1 is 1.14 bits per heavy atom. The summed E-state index contributed by atoms with van der Waals surface area (Å²) in [5.74, 6) is 0.825. The number of fused-ring (bicyclic) bond motifs is 3. The van der Waals surface area contributed by atoms with Crippen molar-refractivity contribution in [3.8, 4) is 16.9 Å². The van der Waals surface area contributed by atoms with Crippen molar-refractivity contribution >= 4 is 21.6 Å². The van der Waals surface area contributed by atoms with Gasteiger partial charge in [-0.15, -0.1) is 0 Å². The Morgan fingerprint density at radius 2 is 1.89 bits per heavy atom. The van der Waals surface area contributed by atoms with Crippen LogP contribution in [-0.4, -0.2) is 63.1 Å². The molecule has 1 N–H and O–H groups in total. The van der Waals surface area contributed by atoms with Crippen LogP contribution in [0.25, 0.3) is 11.1 Å². The zero-order valence-corrected chi connectivity index (χ0v) is 21.9. The highest BCUT2D eigenvalue weighted by atomic mass is 32.2. The minimum Gasteiger partial charge on any atom is -0.497 e. The zero-order valence-electron chi connectivity index (χ0n) is 21.1. The van der Waals surface area contributed by atoms with Gasteiger partial charge in [-0.2, -0.15) is 0 Å². The third kappa shape index (κ3) is 3.77. The predicted octanol–water partition coefficient (Wildman–Crippen LogP) is 4.80. The van der Waals surface area contributed by atoms with Crippen LogP contribution in [0, 0.1) is 6.92 Å². The first kappa shape index (κ1) is 24.0. The summed E-state index contributed by atoms with van der Waals surface area (Å²) in [5, 5.41) is 9.78. The molecule has 0 aromatic heterocycles. The van der Waals surface area contributed by atoms with Crippen LogP contribution in [0.3, 0.4) is 0 Å². The van der Waals surface area contributed by atoms with Gasteiger partial charge in [0.2, 0.25) is 0 Å². The van der Waals surface area contributed by atoms with E-state index in [0.29, 0.717) is 37.4 Å². The van der Waals surface area contributed by atoms with Gasteiger partial charge in [0, 0.05) is 31.6 Å². The quantitative estimate of drug-likeness (QED) is 0.640. The summed E-state index contributed by atoms with van der Waals surface area (Å²) in [7, 11) is -1.85. The van der Waals surface area contributed by atoms with Gasteiger partial charge in [-0.25, -0.2) is 13.2 Å². The van der Waals surface area contributed by atoms with Crippen LogP contribution >= 0.6 is 0 Å². The molecule has 0 saturated carbocycles. The number of sulfone groups is 1. The van der Waals surface area contributed by atoms with Gasteiger partial charge in [0.1, 0.15) is 5.75 Å². The molecule has 3 aliphatic heterocycles. The lowest BCUT2D eigenvalue weighted by Gasteiger charge is -2.38. The minimum absolute atomic E-state index is 0.0605. The highest BCUT2D eigenvalue weighted by Crippen LogP contribution is 2.55. The number of carbonyl (C=O) groups is 1. The Labute approximate surface area is 207 Å². The number of amides is 1. The summed E-state index contributed by atoms with van der Waals surface area (Å²) in [5.41, 5.74) is 5.60. The minimum atomic E-state index is -3.48. The molecular formula is C27H34N2O5S. The second-order valence-corrected chi connectivity index (χ2v) is 13.1. The molecule has 7 nitrogen and oxygen atoms in total. The van der Waals surface area contributed by atoms with E-state index in [9.17, 15) is 18.3 Å². The van der Waals surface area contributed by atoms with Crippen LogP contribution in [0.1, 0.15) is 56.2 Å². The fraction of sp³-hybridized carbons (Fsp3) is 0.519. The van der Waals surface area contributed by atoms with Gasteiger partial charge in [0.05, 0.1) is 23.4 Å². The van der Waals surface area contributed by atoms with Crippen LogP contribution < -0.4 is 9.64 Å². The summed E-state index contributed by atoms with van der Waals surface area (Å²) in [6, 6.07) is 7.91. The highest BCUT2D eigenvalue weighted by Gasteiger charge is 2.49. The number of anilines is 1. The van der Waals surface area contributed by atoms with E-state index >= 15 is 0 Å². The van der Waals surface area contributed by atoms with Crippen LogP contribution in [0.15, 0.2) is 29.2 Å². The molecule has 5 rings (SSSR count). The molecule has 188 valence electrons. The van der Waals surface area contributed by atoms with E-state index in [1.165, 1.54) is 4.90 Å². The summed E-state index contributed by atoms with van der Waals surface area (Å²) >= 11 is 0. The summed E-state index contributed by atoms with van der Waals surface area (Å²) in [6.45, 7) is 10.0. The number of benzene rings is 2. The Kier molecular flexibility index (Phi) is 5.58. The lowest BCUT2D eigenvalue weighted by molar-refractivity contribution is 0.127. The first-order chi connectivity index (χ1) is 16.4. The third-order valence-corrected chi connectivity index (χ3v) is 9.64. The number of methoxy groups -OCH3 is 1. The molecule has 0 bridgehead atoms. The number of hydrogen-bond donors (Lipinski definition) is 1. The van der Waals surface area contributed by atoms with E-state index < -0.39 is 15.9 Å². The van der Waals surface area contributed by atoms with Crippen LogP contribution in [0.5, 0.6) is 5.75 Å². The number of rotatable bonds is 2. The summed E-state index contributed by atoms with van der Waals surface area (Å²) in [4.78, 5) is 16.1. The number of carboxylic acid groups (broad SMARTS) is 1. The van der Waals surface area contributed by atoms with Crippen molar-refractivity contribution in [3.05, 3.63) is 41.0 Å². The van der Waals surface area contributed by atoms with Crippen molar-refractivity contribution in [2.75, 3.05) is 37.4 Å². The smallest absolute Gasteiger partial charge is 0.407 e. The van der Waals surface area contributed by atoms with Crippen molar-refractivity contribution in [2.45, 2.75) is 62.8 Å². The van der Waals surface area contributed by atoms with Crippen LogP contribution in [0.2, 0.25) is 0 Å². The number of likely N-dealkylation sites (tertiary alicyclic amines) is 1. The van der Waals surface area contributed by atoms with Gasteiger partial charge in [-0.3, -0.25) is 0 Å². The topological polar surface area (TPSA) is 87.2 Å². The maximum atomic E-state index is 13.6. The van der Waals surface area contributed by atoms with Crippen molar-refractivity contribution in [1.82, 2.24) is 4.90 Å². The number of nitrogens with zero attached hydrogens (tertiary/aromatic N) is 2. The molecule has 1 saturated heterocycles. The van der Waals surface area contributed by atoms with Crippen molar-refractivity contribution in [1.29, 1.82) is 0 Å². The lowest BCUT2D eigenvalue weighted by Crippen LogP contribution is -2.48. The normalized spacial score (nSPS) is 22.9. The molecule has 3 aliphatic rings. The molecular weight excluding hydrogens is 464 g/mol. The first-order valence-electron chi connectivity index (χ1n) is 12.3. The second kappa shape index (κ2) is 8.15. The van der Waals surface area contributed by atoms with Gasteiger partial charge >= 0.3 is 6.09 Å². The highest BCUT2D eigenvalue weighted by molar-refractivity contribution is 7.91. The number of aryl methyl sites for hydroxylation is 1. The fourth-order valence-electron chi connectivity index (χ4n) is 6.40.